The van der Waals surface area contributed by atoms with Crippen LogP contribution in [0.4, 0.5) is 0 Å². The predicted octanol–water partition coefficient (Wildman–Crippen LogP) is 18.9. The van der Waals surface area contributed by atoms with E-state index in [2.05, 4.69) is 20.8 Å². The average Bonchev–Trinajstić information content (AvgIpc) is 3.26. The van der Waals surface area contributed by atoms with Crippen LogP contribution in [0.3, 0.4) is 0 Å². The summed E-state index contributed by atoms with van der Waals surface area (Å²) in [5.41, 5.74) is 0. The van der Waals surface area contributed by atoms with Crippen molar-refractivity contribution < 1.29 is 47.2 Å². The zero-order valence-electron chi connectivity index (χ0n) is 42.2. The molecule has 0 aromatic carbocycles. The maximum absolute atomic E-state index is 13.8. The van der Waals surface area contributed by atoms with Crippen molar-refractivity contribution in [3.8, 4) is 0 Å². The summed E-state index contributed by atoms with van der Waals surface area (Å²) in [6.07, 6.45) is 51.9. The van der Waals surface area contributed by atoms with Crippen molar-refractivity contribution in [1.82, 2.24) is 0 Å². The van der Waals surface area contributed by atoms with Crippen LogP contribution in [0.1, 0.15) is 290 Å². The van der Waals surface area contributed by atoms with Gasteiger partial charge in [0, 0.05) is 0 Å². The molecule has 2 heterocycles. The van der Waals surface area contributed by atoms with Gasteiger partial charge in [-0.15, -0.1) is 0 Å². The van der Waals surface area contributed by atoms with Gasteiger partial charge in [0.15, 0.2) is 0 Å². The second-order valence-electron chi connectivity index (χ2n) is 18.8. The first-order valence-electron chi connectivity index (χ1n) is 27.6. The maximum atomic E-state index is 13.8. The summed E-state index contributed by atoms with van der Waals surface area (Å²) in [7, 11) is -11.8. The van der Waals surface area contributed by atoms with Crippen molar-refractivity contribution >= 4 is 58.1 Å². The molecule has 2 fully saturated rings. The molecule has 2 rings (SSSR count). The Morgan fingerprint density at radius 3 is 0.754 bits per heavy atom. The Balaban J connectivity index is 1.62. The number of unbranched alkanes of at least 4 members (excludes halogenated alkanes) is 39. The molecule has 0 radical (unpaired) electrons. The topological polar surface area (TPSA) is 134 Å². The Kier molecular flexibility index (Phi) is 41.7. The molecule has 0 aromatic heterocycles. The summed E-state index contributed by atoms with van der Waals surface area (Å²) >= 11 is -7.41. The molecule has 0 spiro atoms. The molecule has 2 aliphatic rings. The van der Waals surface area contributed by atoms with Gasteiger partial charge in [0.1, 0.15) is 0 Å². The summed E-state index contributed by atoms with van der Waals surface area (Å²) in [5.74, 6) is 0. The molecule has 2 saturated heterocycles. The molecule has 12 nitrogen and oxygen atoms in total. The van der Waals surface area contributed by atoms with Gasteiger partial charge in [0.05, 0.1) is 0 Å². The van der Waals surface area contributed by atoms with Gasteiger partial charge in [0.2, 0.25) is 0 Å². The number of rotatable bonds is 52. The van der Waals surface area contributed by atoms with E-state index in [1.54, 1.807) is 0 Å². The van der Waals surface area contributed by atoms with Crippen molar-refractivity contribution in [2.45, 2.75) is 290 Å². The van der Waals surface area contributed by atoms with Gasteiger partial charge in [-0.1, -0.05) is 136 Å². The van der Waals surface area contributed by atoms with Gasteiger partial charge in [0.25, 0.3) is 0 Å². The van der Waals surface area contributed by atoms with Gasteiger partial charge < -0.3 is 0 Å². The van der Waals surface area contributed by atoms with Gasteiger partial charge in [-0.2, -0.15) is 0 Å². The van der Waals surface area contributed by atoms with Crippen LogP contribution in [-0.2, 0) is 47.2 Å². The van der Waals surface area contributed by atoms with Crippen molar-refractivity contribution in [2.75, 3.05) is 19.8 Å². The molecule has 0 aliphatic carbocycles. The zero-order valence-corrected chi connectivity index (χ0v) is 49.7. The van der Waals surface area contributed by atoms with E-state index in [1.165, 1.54) is 205 Å². The summed E-state index contributed by atoms with van der Waals surface area (Å²) in [5, 5.41) is 0. The molecule has 0 amide bonds. The van der Waals surface area contributed by atoms with Crippen molar-refractivity contribution in [2.24, 2.45) is 0 Å². The number of phosphoric acid groups is 3. The Labute approximate surface area is 413 Å². The Morgan fingerprint density at radius 1 is 0.323 bits per heavy atom. The van der Waals surface area contributed by atoms with E-state index in [1.807, 2.05) is 0 Å². The summed E-state index contributed by atoms with van der Waals surface area (Å²) < 4.78 is 89.5. The Hall–Kier alpha value is 1.60. The van der Waals surface area contributed by atoms with E-state index in [4.69, 9.17) is 33.5 Å². The molecular weight excluding hydrogens is 1000 g/mol. The molecule has 17 heteroatoms. The van der Waals surface area contributed by atoms with Gasteiger partial charge in [-0.25, -0.2) is 0 Å². The zero-order chi connectivity index (χ0) is 46.8. The number of hydrogen-bond donors (Lipinski definition) is 0. The summed E-state index contributed by atoms with van der Waals surface area (Å²) in [4.78, 5) is 0. The fourth-order valence-corrected chi connectivity index (χ4v) is 27.0. The normalized spacial score (nSPS) is 15.7. The molecule has 2 aliphatic heterocycles. The second-order valence-corrected chi connectivity index (χ2v) is 33.9. The van der Waals surface area contributed by atoms with Crippen LogP contribution in [0, 0.1) is 0 Å². The first kappa shape index (κ1) is 62.7. The SMILES string of the molecule is CCCCCCCCCCCCCCCCOP1(=O)[O][Ga]([O]P(=O)(OCCCCCCCCCCCCCCCC)[O][Ga]2[O]P(=O)(OCCCCCCCCCCCCCCCC)[O]2)[O]1. The van der Waals surface area contributed by atoms with Crippen LogP contribution in [0.25, 0.3) is 0 Å². The fourth-order valence-electron chi connectivity index (χ4n) is 8.35. The third-order valence-electron chi connectivity index (χ3n) is 12.5. The van der Waals surface area contributed by atoms with Crippen LogP contribution < -0.4 is 0 Å². The average molecular weight is 1100 g/mol. The third-order valence-corrected chi connectivity index (χ3v) is 32.9. The molecule has 0 aromatic rings. The van der Waals surface area contributed by atoms with Crippen LogP contribution in [0.2, 0.25) is 0 Å². The minimum atomic E-state index is -4.27. The fraction of sp³-hybridized carbons (Fsp3) is 1.00. The second kappa shape index (κ2) is 43.2. The number of hydrogen-bond acceptors (Lipinski definition) is 12. The quantitative estimate of drug-likeness (QED) is 0.0326. The van der Waals surface area contributed by atoms with Crippen LogP contribution >= 0.6 is 23.5 Å². The van der Waals surface area contributed by atoms with E-state index in [0.29, 0.717) is 6.42 Å². The van der Waals surface area contributed by atoms with E-state index in [9.17, 15) is 13.7 Å². The molecule has 0 saturated carbocycles. The molecule has 0 N–H and O–H groups in total. The van der Waals surface area contributed by atoms with E-state index in [-0.39, 0.29) is 19.8 Å². The predicted molar refractivity (Wildman–Crippen MR) is 270 cm³/mol. The van der Waals surface area contributed by atoms with E-state index in [0.717, 1.165) is 57.8 Å². The van der Waals surface area contributed by atoms with Crippen molar-refractivity contribution in [3.63, 3.8) is 0 Å². The minimum absolute atomic E-state index is 0.125. The first-order chi connectivity index (χ1) is 31.8. The third kappa shape index (κ3) is 36.2. The molecule has 0 unspecified atom stereocenters. The Bertz CT molecular complexity index is 1130. The van der Waals surface area contributed by atoms with Gasteiger partial charge in [-0.3, -0.25) is 0 Å². The van der Waals surface area contributed by atoms with Crippen LogP contribution in [-0.4, -0.2) is 54.4 Å². The monoisotopic (exact) mass is 1100 g/mol. The van der Waals surface area contributed by atoms with Crippen molar-refractivity contribution in [1.29, 1.82) is 0 Å². The molecule has 65 heavy (non-hydrogen) atoms. The van der Waals surface area contributed by atoms with Crippen LogP contribution in [0.15, 0.2) is 0 Å². The molecule has 0 atom stereocenters. The standard InChI is InChI=1S/3C16H35O4P.2Ga/c3*1-2-3-4-5-6-7-8-9-10-11-12-13-14-15-16-20-21(17,18)19;;/h3*2-16H2,1H3,(H2,17,18,19);;/q;;;2*+3/p-6. The van der Waals surface area contributed by atoms with Crippen LogP contribution in [0.5, 0.6) is 0 Å². The van der Waals surface area contributed by atoms with E-state index < -0.39 is 58.1 Å². The van der Waals surface area contributed by atoms with Crippen molar-refractivity contribution in [3.05, 3.63) is 0 Å². The molecule has 384 valence electrons. The Morgan fingerprint density at radius 2 is 0.523 bits per heavy atom. The summed E-state index contributed by atoms with van der Waals surface area (Å²) in [6.45, 7) is 7.41. The summed E-state index contributed by atoms with van der Waals surface area (Å²) in [6, 6.07) is 0. The molecular formula is C48H99Ga2O12P3. The van der Waals surface area contributed by atoms with Gasteiger partial charge in [-0.05, 0) is 0 Å². The van der Waals surface area contributed by atoms with E-state index >= 15 is 0 Å². The first-order valence-corrected chi connectivity index (χ1v) is 37.9. The van der Waals surface area contributed by atoms with Gasteiger partial charge >= 0.3 is 279 Å². The molecule has 0 bridgehead atoms.